The number of nitrogens with one attached hydrogen (secondary N) is 1. The summed E-state index contributed by atoms with van der Waals surface area (Å²) in [5.41, 5.74) is 1.63. The van der Waals surface area contributed by atoms with Gasteiger partial charge in [-0.15, -0.1) is 0 Å². The quantitative estimate of drug-likeness (QED) is 0.934. The third-order valence-electron chi connectivity index (χ3n) is 4.05. The second-order valence-electron chi connectivity index (χ2n) is 6.65. The first-order valence-corrected chi connectivity index (χ1v) is 8.10. The molecular weight excluding hydrogens is 306 g/mol. The number of amides is 1. The van der Waals surface area contributed by atoms with E-state index in [9.17, 15) is 4.79 Å². The van der Waals surface area contributed by atoms with Crippen molar-refractivity contribution < 1.29 is 14.3 Å². The van der Waals surface area contributed by atoms with Crippen LogP contribution in [0.25, 0.3) is 5.69 Å². The highest BCUT2D eigenvalue weighted by Gasteiger charge is 2.32. The van der Waals surface area contributed by atoms with Crippen LogP contribution in [0.3, 0.4) is 0 Å². The molecule has 3 rings (SSSR count). The topological polar surface area (TPSA) is 65.4 Å². The van der Waals surface area contributed by atoms with Gasteiger partial charge in [0.15, 0.2) is 6.10 Å². The third-order valence-corrected chi connectivity index (χ3v) is 4.05. The second kappa shape index (κ2) is 6.75. The standard InChI is InChI=1S/C18H23N3O3/c1-13(20-17(22)16-11-24-18(2,3)12-23-16)14-6-4-7-15(10-14)21-9-5-8-19-21/h4-10,13,16H,11-12H2,1-3H3,(H,20,22). The fraction of sp³-hybridized carbons (Fsp3) is 0.444. The summed E-state index contributed by atoms with van der Waals surface area (Å²) in [4.78, 5) is 12.4. The van der Waals surface area contributed by atoms with Gasteiger partial charge in [0.25, 0.3) is 5.91 Å². The van der Waals surface area contributed by atoms with Gasteiger partial charge in [-0.25, -0.2) is 4.68 Å². The molecule has 24 heavy (non-hydrogen) atoms. The van der Waals surface area contributed by atoms with Gasteiger partial charge in [-0.05, 0) is 44.5 Å². The van der Waals surface area contributed by atoms with Crippen LogP contribution in [0.5, 0.6) is 0 Å². The smallest absolute Gasteiger partial charge is 0.252 e. The monoisotopic (exact) mass is 329 g/mol. The zero-order valence-corrected chi connectivity index (χ0v) is 14.2. The van der Waals surface area contributed by atoms with Gasteiger partial charge in [-0.3, -0.25) is 4.79 Å². The Morgan fingerprint density at radius 1 is 1.42 bits per heavy atom. The summed E-state index contributed by atoms with van der Waals surface area (Å²) in [6, 6.07) is 9.67. The Bertz CT molecular complexity index is 687. The van der Waals surface area contributed by atoms with Gasteiger partial charge in [0.05, 0.1) is 30.5 Å². The van der Waals surface area contributed by atoms with Crippen LogP contribution in [0.15, 0.2) is 42.7 Å². The van der Waals surface area contributed by atoms with E-state index >= 15 is 0 Å². The number of carbonyl (C=O) groups is 1. The normalized spacial score (nSPS) is 21.2. The van der Waals surface area contributed by atoms with Crippen molar-refractivity contribution in [2.75, 3.05) is 13.2 Å². The summed E-state index contributed by atoms with van der Waals surface area (Å²) in [6.07, 6.45) is 3.06. The van der Waals surface area contributed by atoms with Crippen molar-refractivity contribution in [2.24, 2.45) is 0 Å². The largest absolute Gasteiger partial charge is 0.370 e. The average Bonchev–Trinajstić information content (AvgIpc) is 3.09. The predicted molar refractivity (Wildman–Crippen MR) is 89.9 cm³/mol. The van der Waals surface area contributed by atoms with Crippen molar-refractivity contribution in [1.82, 2.24) is 15.1 Å². The van der Waals surface area contributed by atoms with Gasteiger partial charge >= 0.3 is 0 Å². The van der Waals surface area contributed by atoms with E-state index in [1.54, 1.807) is 10.9 Å². The van der Waals surface area contributed by atoms with Gasteiger partial charge in [-0.2, -0.15) is 5.10 Å². The minimum absolute atomic E-state index is 0.133. The molecule has 1 fully saturated rings. The Morgan fingerprint density at radius 3 is 2.92 bits per heavy atom. The molecule has 2 heterocycles. The van der Waals surface area contributed by atoms with Gasteiger partial charge in [0.2, 0.25) is 0 Å². The van der Waals surface area contributed by atoms with Crippen molar-refractivity contribution >= 4 is 5.91 Å². The average molecular weight is 329 g/mol. The minimum Gasteiger partial charge on any atom is -0.370 e. The molecule has 1 aromatic heterocycles. The number of aromatic nitrogens is 2. The third kappa shape index (κ3) is 3.83. The van der Waals surface area contributed by atoms with E-state index in [1.807, 2.05) is 57.3 Å². The highest BCUT2D eigenvalue weighted by molar-refractivity contribution is 5.81. The van der Waals surface area contributed by atoms with Crippen molar-refractivity contribution in [2.45, 2.75) is 38.5 Å². The Labute approximate surface area is 141 Å². The molecule has 0 radical (unpaired) electrons. The summed E-state index contributed by atoms with van der Waals surface area (Å²) in [6.45, 7) is 6.54. The van der Waals surface area contributed by atoms with Gasteiger partial charge < -0.3 is 14.8 Å². The fourth-order valence-electron chi connectivity index (χ4n) is 2.59. The molecule has 0 bridgehead atoms. The first kappa shape index (κ1) is 16.7. The second-order valence-corrected chi connectivity index (χ2v) is 6.65. The van der Waals surface area contributed by atoms with Crippen molar-refractivity contribution in [1.29, 1.82) is 0 Å². The van der Waals surface area contributed by atoms with E-state index < -0.39 is 6.10 Å². The molecule has 0 spiro atoms. The van der Waals surface area contributed by atoms with E-state index in [1.165, 1.54) is 0 Å². The SMILES string of the molecule is CC(NC(=O)C1COC(C)(C)CO1)c1cccc(-n2cccn2)c1. The van der Waals surface area contributed by atoms with E-state index in [0.717, 1.165) is 11.3 Å². The number of rotatable bonds is 4. The van der Waals surface area contributed by atoms with E-state index in [-0.39, 0.29) is 24.2 Å². The van der Waals surface area contributed by atoms with Crippen LogP contribution in [0.2, 0.25) is 0 Å². The number of hydrogen-bond donors (Lipinski definition) is 1. The first-order valence-electron chi connectivity index (χ1n) is 8.10. The number of benzene rings is 1. The van der Waals surface area contributed by atoms with Gasteiger partial charge in [0, 0.05) is 12.4 Å². The number of ether oxygens (including phenoxy) is 2. The molecule has 6 heteroatoms. The summed E-state index contributed by atoms with van der Waals surface area (Å²) in [7, 11) is 0. The lowest BCUT2D eigenvalue weighted by Crippen LogP contribution is -2.49. The highest BCUT2D eigenvalue weighted by atomic mass is 16.6. The first-order chi connectivity index (χ1) is 11.4. The number of carbonyl (C=O) groups excluding carboxylic acids is 1. The number of hydrogen-bond acceptors (Lipinski definition) is 4. The van der Waals surface area contributed by atoms with Crippen molar-refractivity contribution in [3.8, 4) is 5.69 Å². The van der Waals surface area contributed by atoms with Crippen LogP contribution in [0.4, 0.5) is 0 Å². The van der Waals surface area contributed by atoms with Crippen LogP contribution in [-0.4, -0.2) is 40.6 Å². The maximum Gasteiger partial charge on any atom is 0.252 e. The lowest BCUT2D eigenvalue weighted by atomic mass is 10.1. The predicted octanol–water partition coefficient (Wildman–Crippen LogP) is 2.24. The lowest BCUT2D eigenvalue weighted by Gasteiger charge is -2.34. The maximum atomic E-state index is 12.4. The van der Waals surface area contributed by atoms with Gasteiger partial charge in [-0.1, -0.05) is 12.1 Å². The maximum absolute atomic E-state index is 12.4. The summed E-state index contributed by atoms with van der Waals surface area (Å²) >= 11 is 0. The summed E-state index contributed by atoms with van der Waals surface area (Å²) in [5.74, 6) is -0.150. The molecule has 1 N–H and O–H groups in total. The van der Waals surface area contributed by atoms with Crippen LogP contribution in [0.1, 0.15) is 32.4 Å². The Morgan fingerprint density at radius 2 is 2.25 bits per heavy atom. The molecule has 0 saturated carbocycles. The molecule has 1 aliphatic rings. The zero-order valence-electron chi connectivity index (χ0n) is 14.2. The Hall–Kier alpha value is -2.18. The fourth-order valence-corrected chi connectivity index (χ4v) is 2.59. The summed E-state index contributed by atoms with van der Waals surface area (Å²) < 4.78 is 13.1. The van der Waals surface area contributed by atoms with E-state index in [2.05, 4.69) is 10.4 Å². The molecule has 1 saturated heterocycles. The van der Waals surface area contributed by atoms with Crippen molar-refractivity contribution in [3.63, 3.8) is 0 Å². The molecule has 6 nitrogen and oxygen atoms in total. The molecule has 1 aromatic carbocycles. The van der Waals surface area contributed by atoms with Crippen LogP contribution in [0, 0.1) is 0 Å². The van der Waals surface area contributed by atoms with Crippen LogP contribution >= 0.6 is 0 Å². The molecular formula is C18H23N3O3. The van der Waals surface area contributed by atoms with Crippen molar-refractivity contribution in [3.05, 3.63) is 48.3 Å². The number of nitrogens with zero attached hydrogens (tertiary/aromatic N) is 2. The molecule has 2 unspecified atom stereocenters. The zero-order chi connectivity index (χ0) is 17.2. The molecule has 2 aromatic rings. The Kier molecular flexibility index (Phi) is 4.69. The van der Waals surface area contributed by atoms with Gasteiger partial charge in [0.1, 0.15) is 0 Å². The highest BCUT2D eigenvalue weighted by Crippen LogP contribution is 2.20. The van der Waals surface area contributed by atoms with E-state index in [0.29, 0.717) is 6.61 Å². The minimum atomic E-state index is -0.560. The summed E-state index contributed by atoms with van der Waals surface area (Å²) in [5, 5.41) is 7.22. The Balaban J connectivity index is 1.64. The van der Waals surface area contributed by atoms with Crippen LogP contribution < -0.4 is 5.32 Å². The van der Waals surface area contributed by atoms with E-state index in [4.69, 9.17) is 9.47 Å². The molecule has 1 aliphatic heterocycles. The molecule has 1 amide bonds. The lowest BCUT2D eigenvalue weighted by molar-refractivity contribution is -0.183. The molecule has 2 atom stereocenters. The molecule has 0 aliphatic carbocycles. The van der Waals surface area contributed by atoms with Crippen LogP contribution in [-0.2, 0) is 14.3 Å². The molecule has 128 valence electrons.